The van der Waals surface area contributed by atoms with Crippen molar-refractivity contribution in [1.82, 2.24) is 0 Å². The quantitative estimate of drug-likeness (QED) is 0.320. The number of para-hydroxylation sites is 1. The van der Waals surface area contributed by atoms with Crippen LogP contribution in [0.1, 0.15) is 19.4 Å². The number of nitrogens with one attached hydrogen (secondary N) is 2. The van der Waals surface area contributed by atoms with Gasteiger partial charge in [0.15, 0.2) is 6.10 Å². The molecule has 0 unspecified atom stereocenters. The molecule has 0 bridgehead atoms. The number of rotatable bonds is 7. The number of nitrogens with zero attached hydrogens (tertiary/aromatic N) is 1. The van der Waals surface area contributed by atoms with Gasteiger partial charge in [-0.2, -0.15) is 0 Å². The van der Waals surface area contributed by atoms with Crippen LogP contribution in [0.5, 0.6) is 0 Å². The van der Waals surface area contributed by atoms with Crippen LogP contribution in [-0.2, 0) is 19.1 Å². The second-order valence-corrected chi connectivity index (χ2v) is 5.98. The number of benzene rings is 2. The summed E-state index contributed by atoms with van der Waals surface area (Å²) in [6.45, 7) is 2.79. The Morgan fingerprint density at radius 2 is 1.62 bits per heavy atom. The average molecular weight is 397 g/mol. The Morgan fingerprint density at radius 3 is 2.21 bits per heavy atom. The van der Waals surface area contributed by atoms with E-state index in [1.54, 1.807) is 30.3 Å². The van der Waals surface area contributed by atoms with Crippen LogP contribution in [0.15, 0.2) is 54.6 Å². The van der Waals surface area contributed by atoms with Gasteiger partial charge in [-0.1, -0.05) is 12.1 Å². The molecule has 150 valence electrons. The maximum Gasteiger partial charge on any atom is 0.331 e. The third-order valence-electron chi connectivity index (χ3n) is 3.67. The lowest BCUT2D eigenvalue weighted by molar-refractivity contribution is -0.385. The molecule has 0 aliphatic rings. The number of nitro groups is 1. The van der Waals surface area contributed by atoms with E-state index in [9.17, 15) is 24.5 Å². The molecule has 9 nitrogen and oxygen atoms in total. The van der Waals surface area contributed by atoms with Gasteiger partial charge in [-0.3, -0.25) is 19.7 Å². The third-order valence-corrected chi connectivity index (χ3v) is 3.67. The van der Waals surface area contributed by atoms with E-state index in [-0.39, 0.29) is 17.2 Å². The standard InChI is InChI=1S/C20H19N3O6/c1-13(20(26)22-17-10-8-16(9-11-17)21-14(2)24)29-19(25)12-7-15-5-3-4-6-18(15)23(27)28/h3-13H,1-2H3,(H,21,24)(H,22,26)/b12-7+/t13-/m0/s1. The Hall–Kier alpha value is -4.01. The molecule has 2 amide bonds. The smallest absolute Gasteiger partial charge is 0.331 e. The summed E-state index contributed by atoms with van der Waals surface area (Å²) in [4.78, 5) is 45.5. The van der Waals surface area contributed by atoms with Crippen molar-refractivity contribution in [2.75, 3.05) is 10.6 Å². The first kappa shape index (κ1) is 21.3. The summed E-state index contributed by atoms with van der Waals surface area (Å²) < 4.78 is 5.02. The SMILES string of the molecule is CC(=O)Nc1ccc(NC(=O)[C@H](C)OC(=O)/C=C/c2ccccc2[N+](=O)[O-])cc1. The minimum absolute atomic E-state index is 0.148. The topological polar surface area (TPSA) is 128 Å². The lowest BCUT2D eigenvalue weighted by atomic mass is 10.1. The fraction of sp³-hybridized carbons (Fsp3) is 0.150. The van der Waals surface area contributed by atoms with Crippen molar-refractivity contribution < 1.29 is 24.0 Å². The van der Waals surface area contributed by atoms with Crippen molar-refractivity contribution >= 4 is 40.9 Å². The summed E-state index contributed by atoms with van der Waals surface area (Å²) in [7, 11) is 0. The molecule has 0 saturated carbocycles. The highest BCUT2D eigenvalue weighted by Crippen LogP contribution is 2.19. The summed E-state index contributed by atoms with van der Waals surface area (Å²) in [6.07, 6.45) is 1.19. The van der Waals surface area contributed by atoms with Gasteiger partial charge in [0.05, 0.1) is 10.5 Å². The fourth-order valence-corrected chi connectivity index (χ4v) is 2.30. The van der Waals surface area contributed by atoms with Crippen LogP contribution in [0.2, 0.25) is 0 Å². The monoisotopic (exact) mass is 397 g/mol. The summed E-state index contributed by atoms with van der Waals surface area (Å²) in [5, 5.41) is 16.1. The zero-order chi connectivity index (χ0) is 21.4. The first-order valence-corrected chi connectivity index (χ1v) is 8.57. The molecule has 0 saturated heterocycles. The molecule has 0 radical (unpaired) electrons. The maximum absolute atomic E-state index is 12.2. The minimum atomic E-state index is -1.09. The number of carbonyl (C=O) groups excluding carboxylic acids is 3. The molecule has 0 fully saturated rings. The molecule has 0 spiro atoms. The normalized spacial score (nSPS) is 11.5. The summed E-state index contributed by atoms with van der Waals surface area (Å²) in [5.41, 5.74) is 1.13. The van der Waals surface area contributed by atoms with Crippen LogP contribution in [0.25, 0.3) is 6.08 Å². The predicted molar refractivity (Wildman–Crippen MR) is 107 cm³/mol. The maximum atomic E-state index is 12.2. The highest BCUT2D eigenvalue weighted by molar-refractivity contribution is 5.97. The van der Waals surface area contributed by atoms with Gasteiger partial charge in [-0.15, -0.1) is 0 Å². The summed E-state index contributed by atoms with van der Waals surface area (Å²) >= 11 is 0. The van der Waals surface area contributed by atoms with Gasteiger partial charge < -0.3 is 15.4 Å². The number of anilines is 2. The Bertz CT molecular complexity index is 953. The van der Waals surface area contributed by atoms with E-state index < -0.39 is 22.9 Å². The second-order valence-electron chi connectivity index (χ2n) is 5.98. The molecule has 2 rings (SSSR count). The lowest BCUT2D eigenvalue weighted by Gasteiger charge is -2.12. The highest BCUT2D eigenvalue weighted by atomic mass is 16.6. The Kier molecular flexibility index (Phi) is 7.19. The third kappa shape index (κ3) is 6.58. The first-order chi connectivity index (χ1) is 13.8. The fourth-order valence-electron chi connectivity index (χ4n) is 2.30. The number of amides is 2. The van der Waals surface area contributed by atoms with E-state index in [0.717, 1.165) is 6.08 Å². The van der Waals surface area contributed by atoms with Crippen LogP contribution < -0.4 is 10.6 Å². The second kappa shape index (κ2) is 9.79. The van der Waals surface area contributed by atoms with Gasteiger partial charge in [-0.05, 0) is 43.3 Å². The van der Waals surface area contributed by atoms with Crippen LogP contribution in [0.3, 0.4) is 0 Å². The zero-order valence-corrected chi connectivity index (χ0v) is 15.7. The van der Waals surface area contributed by atoms with Gasteiger partial charge >= 0.3 is 5.97 Å². The van der Waals surface area contributed by atoms with Gasteiger partial charge in [-0.25, -0.2) is 4.79 Å². The molecule has 0 heterocycles. The lowest BCUT2D eigenvalue weighted by Crippen LogP contribution is -2.29. The van der Waals surface area contributed by atoms with Crippen molar-refractivity contribution in [1.29, 1.82) is 0 Å². The molecular formula is C20H19N3O6. The molecule has 29 heavy (non-hydrogen) atoms. The molecule has 2 aromatic carbocycles. The predicted octanol–water partition coefficient (Wildman–Crippen LogP) is 3.14. The van der Waals surface area contributed by atoms with E-state index in [4.69, 9.17) is 4.74 Å². The van der Waals surface area contributed by atoms with Gasteiger partial charge in [0.2, 0.25) is 5.91 Å². The number of carbonyl (C=O) groups is 3. The zero-order valence-electron chi connectivity index (χ0n) is 15.7. The number of hydrogen-bond donors (Lipinski definition) is 2. The van der Waals surface area contributed by atoms with E-state index in [0.29, 0.717) is 11.4 Å². The van der Waals surface area contributed by atoms with E-state index in [1.165, 1.54) is 38.1 Å². The van der Waals surface area contributed by atoms with Gasteiger partial charge in [0.1, 0.15) is 0 Å². The molecule has 0 aliphatic carbocycles. The Balaban J connectivity index is 1.93. The van der Waals surface area contributed by atoms with Crippen LogP contribution in [-0.4, -0.2) is 28.8 Å². The van der Waals surface area contributed by atoms with E-state index >= 15 is 0 Å². The molecule has 0 aromatic heterocycles. The Morgan fingerprint density at radius 1 is 1.03 bits per heavy atom. The molecular weight excluding hydrogens is 378 g/mol. The number of esters is 1. The number of hydrogen-bond acceptors (Lipinski definition) is 6. The number of ether oxygens (including phenoxy) is 1. The van der Waals surface area contributed by atoms with Gasteiger partial charge in [0, 0.05) is 30.4 Å². The molecule has 2 N–H and O–H groups in total. The van der Waals surface area contributed by atoms with Crippen molar-refractivity contribution in [3.05, 3.63) is 70.3 Å². The minimum Gasteiger partial charge on any atom is -0.449 e. The molecule has 1 atom stereocenters. The number of nitro benzene ring substituents is 1. The summed E-state index contributed by atoms with van der Waals surface area (Å²) in [6, 6.07) is 12.3. The molecule has 9 heteroatoms. The average Bonchev–Trinajstić information content (AvgIpc) is 2.67. The first-order valence-electron chi connectivity index (χ1n) is 8.57. The van der Waals surface area contributed by atoms with Crippen molar-refractivity contribution in [3.8, 4) is 0 Å². The molecule has 0 aliphatic heterocycles. The van der Waals surface area contributed by atoms with Crippen LogP contribution in [0.4, 0.5) is 17.1 Å². The highest BCUT2D eigenvalue weighted by Gasteiger charge is 2.17. The van der Waals surface area contributed by atoms with Crippen molar-refractivity contribution in [2.24, 2.45) is 0 Å². The van der Waals surface area contributed by atoms with Crippen LogP contribution >= 0.6 is 0 Å². The van der Waals surface area contributed by atoms with Crippen LogP contribution in [0, 0.1) is 10.1 Å². The largest absolute Gasteiger partial charge is 0.449 e. The van der Waals surface area contributed by atoms with Gasteiger partial charge in [0.25, 0.3) is 11.6 Å². The Labute approximate surface area is 166 Å². The molecule has 2 aromatic rings. The van der Waals surface area contributed by atoms with E-state index in [1.807, 2.05) is 0 Å². The summed E-state index contributed by atoms with van der Waals surface area (Å²) in [5.74, 6) is -1.58. The van der Waals surface area contributed by atoms with E-state index in [2.05, 4.69) is 10.6 Å². The van der Waals surface area contributed by atoms with Crippen molar-refractivity contribution in [2.45, 2.75) is 20.0 Å². The van der Waals surface area contributed by atoms with Crippen molar-refractivity contribution in [3.63, 3.8) is 0 Å².